The third kappa shape index (κ3) is 3.45. The third-order valence-corrected chi connectivity index (χ3v) is 5.50. The summed E-state index contributed by atoms with van der Waals surface area (Å²) in [6.45, 7) is 2.20. The number of halogens is 2. The minimum atomic E-state index is -0.543. The first-order valence-corrected chi connectivity index (χ1v) is 8.61. The van der Waals surface area contributed by atoms with Gasteiger partial charge in [-0.3, -0.25) is 0 Å². The summed E-state index contributed by atoms with van der Waals surface area (Å²) < 4.78 is 12.4. The molecule has 5 heteroatoms. The third-order valence-electron chi connectivity index (χ3n) is 4.66. The van der Waals surface area contributed by atoms with E-state index < -0.39 is 6.10 Å². The van der Waals surface area contributed by atoms with Crippen molar-refractivity contribution in [2.45, 2.75) is 37.4 Å². The Labute approximate surface area is 138 Å². The molecule has 0 saturated carbocycles. The Hall–Kier alpha value is -0.130. The van der Waals surface area contributed by atoms with Crippen LogP contribution in [-0.4, -0.2) is 30.5 Å². The normalized spacial score (nSPS) is 26.7. The standard InChI is InChI=1S/C16H20BrClO3/c17-12-1-2-14(18)13(9-12)15(19)11-3-6-21-16(10-11)4-7-20-8-5-16/h1-2,9,11,15,19H,3-8,10H2. The van der Waals surface area contributed by atoms with Crippen molar-refractivity contribution in [1.82, 2.24) is 0 Å². The lowest BCUT2D eigenvalue weighted by Gasteiger charge is -2.44. The summed E-state index contributed by atoms with van der Waals surface area (Å²) in [5.74, 6) is 0.184. The van der Waals surface area contributed by atoms with Gasteiger partial charge in [-0.15, -0.1) is 0 Å². The van der Waals surface area contributed by atoms with Crippen molar-refractivity contribution >= 4 is 27.5 Å². The number of hydrogen-bond acceptors (Lipinski definition) is 3. The van der Waals surface area contributed by atoms with Gasteiger partial charge in [-0.1, -0.05) is 27.5 Å². The second-order valence-electron chi connectivity index (χ2n) is 6.01. The molecule has 1 aromatic rings. The zero-order valence-electron chi connectivity index (χ0n) is 11.9. The monoisotopic (exact) mass is 374 g/mol. The molecule has 0 radical (unpaired) electrons. The van der Waals surface area contributed by atoms with Crippen molar-refractivity contribution in [3.8, 4) is 0 Å². The minimum Gasteiger partial charge on any atom is -0.388 e. The predicted octanol–water partition coefficient (Wildman–Crippen LogP) is 4.11. The molecule has 1 N–H and O–H groups in total. The second kappa shape index (κ2) is 6.55. The highest BCUT2D eigenvalue weighted by molar-refractivity contribution is 9.10. The maximum Gasteiger partial charge on any atom is 0.0834 e. The molecule has 3 rings (SSSR count). The molecule has 2 fully saturated rings. The summed E-state index contributed by atoms with van der Waals surface area (Å²) in [5.41, 5.74) is 0.695. The first kappa shape index (κ1) is 15.8. The van der Waals surface area contributed by atoms with E-state index in [-0.39, 0.29) is 11.5 Å². The first-order chi connectivity index (χ1) is 10.1. The predicted molar refractivity (Wildman–Crippen MR) is 85.6 cm³/mol. The van der Waals surface area contributed by atoms with Crippen LogP contribution < -0.4 is 0 Å². The Morgan fingerprint density at radius 2 is 2.05 bits per heavy atom. The van der Waals surface area contributed by atoms with Crippen LogP contribution in [0.15, 0.2) is 22.7 Å². The molecular formula is C16H20BrClO3. The molecule has 0 aromatic heterocycles. The Morgan fingerprint density at radius 1 is 1.29 bits per heavy atom. The van der Waals surface area contributed by atoms with Crippen LogP contribution in [0.5, 0.6) is 0 Å². The van der Waals surface area contributed by atoms with Crippen LogP contribution in [0.25, 0.3) is 0 Å². The van der Waals surface area contributed by atoms with Crippen LogP contribution in [0.1, 0.15) is 37.4 Å². The van der Waals surface area contributed by atoms with Crippen LogP contribution in [0.3, 0.4) is 0 Å². The fourth-order valence-corrected chi connectivity index (χ4v) is 4.03. The molecule has 2 aliphatic rings. The van der Waals surface area contributed by atoms with Crippen molar-refractivity contribution < 1.29 is 14.6 Å². The lowest BCUT2D eigenvalue weighted by molar-refractivity contribution is -0.159. The molecule has 2 aliphatic heterocycles. The maximum atomic E-state index is 10.8. The molecule has 2 atom stereocenters. The number of rotatable bonds is 2. The number of aliphatic hydroxyl groups excluding tert-OH is 1. The van der Waals surface area contributed by atoms with E-state index in [0.29, 0.717) is 11.6 Å². The second-order valence-corrected chi connectivity index (χ2v) is 7.33. The highest BCUT2D eigenvalue weighted by atomic mass is 79.9. The van der Waals surface area contributed by atoms with Gasteiger partial charge >= 0.3 is 0 Å². The van der Waals surface area contributed by atoms with Crippen LogP contribution in [0.4, 0.5) is 0 Å². The fraction of sp³-hybridized carbons (Fsp3) is 0.625. The van der Waals surface area contributed by atoms with Gasteiger partial charge in [-0.05, 0) is 49.8 Å². The lowest BCUT2D eigenvalue weighted by atomic mass is 9.77. The smallest absolute Gasteiger partial charge is 0.0834 e. The van der Waals surface area contributed by atoms with E-state index in [4.69, 9.17) is 21.1 Å². The highest BCUT2D eigenvalue weighted by Crippen LogP contribution is 2.43. The zero-order chi connectivity index (χ0) is 14.9. The van der Waals surface area contributed by atoms with Crippen molar-refractivity contribution in [3.63, 3.8) is 0 Å². The summed E-state index contributed by atoms with van der Waals surface area (Å²) in [6.07, 6.45) is 3.04. The minimum absolute atomic E-state index is 0.110. The number of hydrogen-bond donors (Lipinski definition) is 1. The SMILES string of the molecule is OC(c1cc(Br)ccc1Cl)C1CCOC2(CCOCC2)C1. The molecular weight excluding hydrogens is 356 g/mol. The van der Waals surface area contributed by atoms with Crippen LogP contribution >= 0.6 is 27.5 Å². The average molecular weight is 376 g/mol. The van der Waals surface area contributed by atoms with Gasteiger partial charge in [-0.25, -0.2) is 0 Å². The van der Waals surface area contributed by atoms with Crippen LogP contribution in [0, 0.1) is 5.92 Å². The van der Waals surface area contributed by atoms with E-state index in [9.17, 15) is 5.11 Å². The van der Waals surface area contributed by atoms with E-state index in [1.807, 2.05) is 18.2 Å². The van der Waals surface area contributed by atoms with E-state index in [1.54, 1.807) is 0 Å². The van der Waals surface area contributed by atoms with Crippen molar-refractivity contribution in [3.05, 3.63) is 33.3 Å². The molecule has 21 heavy (non-hydrogen) atoms. The Bertz CT molecular complexity index is 497. The van der Waals surface area contributed by atoms with Crippen molar-refractivity contribution in [2.24, 2.45) is 5.92 Å². The van der Waals surface area contributed by atoms with Crippen LogP contribution in [0.2, 0.25) is 5.02 Å². The fourth-order valence-electron chi connectivity index (χ4n) is 3.42. The zero-order valence-corrected chi connectivity index (χ0v) is 14.2. The van der Waals surface area contributed by atoms with E-state index in [2.05, 4.69) is 15.9 Å². The van der Waals surface area contributed by atoms with Crippen molar-refractivity contribution in [2.75, 3.05) is 19.8 Å². The molecule has 1 aromatic carbocycles. The average Bonchev–Trinajstić information content (AvgIpc) is 2.50. The Morgan fingerprint density at radius 3 is 2.81 bits per heavy atom. The number of ether oxygens (including phenoxy) is 2. The largest absolute Gasteiger partial charge is 0.388 e. The lowest BCUT2D eigenvalue weighted by Crippen LogP contribution is -2.45. The molecule has 1 spiro atoms. The summed E-state index contributed by atoms with van der Waals surface area (Å²) in [7, 11) is 0. The van der Waals surface area contributed by atoms with Crippen molar-refractivity contribution in [1.29, 1.82) is 0 Å². The summed E-state index contributed by atoms with van der Waals surface area (Å²) in [5, 5.41) is 11.4. The Balaban J connectivity index is 1.77. The summed E-state index contributed by atoms with van der Waals surface area (Å²) in [6, 6.07) is 5.63. The summed E-state index contributed by atoms with van der Waals surface area (Å²) in [4.78, 5) is 0. The van der Waals surface area contributed by atoms with Gasteiger partial charge in [0.05, 0.1) is 11.7 Å². The maximum absolute atomic E-state index is 10.8. The molecule has 0 amide bonds. The molecule has 0 bridgehead atoms. The number of benzene rings is 1. The quantitative estimate of drug-likeness (QED) is 0.845. The molecule has 2 saturated heterocycles. The van der Waals surface area contributed by atoms with E-state index in [1.165, 1.54) is 0 Å². The topological polar surface area (TPSA) is 38.7 Å². The first-order valence-electron chi connectivity index (χ1n) is 7.44. The molecule has 0 aliphatic carbocycles. The highest BCUT2D eigenvalue weighted by Gasteiger charge is 2.41. The van der Waals surface area contributed by atoms with E-state index in [0.717, 1.165) is 48.9 Å². The molecule has 2 unspecified atom stereocenters. The summed E-state index contributed by atoms with van der Waals surface area (Å²) >= 11 is 9.70. The van der Waals surface area contributed by atoms with E-state index >= 15 is 0 Å². The van der Waals surface area contributed by atoms with Gasteiger partial charge in [0.15, 0.2) is 0 Å². The van der Waals surface area contributed by atoms with Gasteiger partial charge in [0, 0.05) is 34.9 Å². The van der Waals surface area contributed by atoms with Gasteiger partial charge in [0.1, 0.15) is 0 Å². The van der Waals surface area contributed by atoms with Gasteiger partial charge in [0.2, 0.25) is 0 Å². The van der Waals surface area contributed by atoms with Gasteiger partial charge in [-0.2, -0.15) is 0 Å². The van der Waals surface area contributed by atoms with Gasteiger partial charge in [0.25, 0.3) is 0 Å². The Kier molecular flexibility index (Phi) is 4.91. The number of aliphatic hydroxyl groups is 1. The molecule has 2 heterocycles. The van der Waals surface area contributed by atoms with Crippen LogP contribution in [-0.2, 0) is 9.47 Å². The molecule has 3 nitrogen and oxygen atoms in total. The van der Waals surface area contributed by atoms with Gasteiger partial charge < -0.3 is 14.6 Å². The molecule has 116 valence electrons.